The molecule has 0 aromatic carbocycles. The maximum Gasteiger partial charge on any atom is 0.313 e. The van der Waals surface area contributed by atoms with Crippen LogP contribution in [0.15, 0.2) is 22.9 Å². The Morgan fingerprint density at radius 2 is 2.23 bits per heavy atom. The second-order valence-electron chi connectivity index (χ2n) is 4.58. The number of nitrogens with zero attached hydrogens (tertiary/aromatic N) is 5. The number of carbonyl (C=O) groups is 1. The molecule has 8 nitrogen and oxygen atoms in total. The van der Waals surface area contributed by atoms with Crippen molar-refractivity contribution in [1.82, 2.24) is 24.7 Å². The molecule has 0 saturated heterocycles. The minimum absolute atomic E-state index is 0.0580. The van der Waals surface area contributed by atoms with Crippen molar-refractivity contribution in [2.45, 2.75) is 26.7 Å². The Morgan fingerprint density at radius 1 is 1.36 bits per heavy atom. The van der Waals surface area contributed by atoms with Crippen LogP contribution in [0.25, 0.3) is 17.1 Å². The van der Waals surface area contributed by atoms with Gasteiger partial charge in [0, 0.05) is 12.6 Å². The van der Waals surface area contributed by atoms with Crippen LogP contribution in [-0.4, -0.2) is 37.3 Å². The van der Waals surface area contributed by atoms with Crippen LogP contribution in [0.1, 0.15) is 25.5 Å². The molecule has 0 fully saturated rings. The number of aryl methyl sites for hydroxylation is 1. The van der Waals surface area contributed by atoms with Crippen LogP contribution in [0.3, 0.4) is 0 Å². The first-order chi connectivity index (χ1) is 10.7. The van der Waals surface area contributed by atoms with Gasteiger partial charge in [-0.1, -0.05) is 12.1 Å². The standard InChI is InChI=1S/C14H15N5O3/c1-3-10-15-14(22-18-10)9-6-5-7-19-11(16-17-13(9)19)8-12(20)21-4-2/h5-7H,3-4,8H2,1-2H3. The quantitative estimate of drug-likeness (QED) is 0.658. The maximum atomic E-state index is 11.6. The van der Waals surface area contributed by atoms with Crippen molar-refractivity contribution < 1.29 is 14.1 Å². The van der Waals surface area contributed by atoms with Crippen molar-refractivity contribution in [1.29, 1.82) is 0 Å². The first kappa shape index (κ1) is 14.2. The molecule has 0 spiro atoms. The zero-order chi connectivity index (χ0) is 15.5. The summed E-state index contributed by atoms with van der Waals surface area (Å²) in [6.45, 7) is 4.05. The summed E-state index contributed by atoms with van der Waals surface area (Å²) < 4.78 is 11.9. The zero-order valence-corrected chi connectivity index (χ0v) is 12.3. The third-order valence-corrected chi connectivity index (χ3v) is 3.13. The van der Waals surface area contributed by atoms with Crippen LogP contribution in [0, 0.1) is 0 Å². The molecule has 3 rings (SSSR count). The van der Waals surface area contributed by atoms with Gasteiger partial charge in [0.2, 0.25) is 0 Å². The Bertz CT molecular complexity index is 808. The maximum absolute atomic E-state index is 11.6. The Kier molecular flexibility index (Phi) is 3.82. The third-order valence-electron chi connectivity index (χ3n) is 3.13. The molecule has 0 atom stereocenters. The average molecular weight is 301 g/mol. The molecule has 0 amide bonds. The summed E-state index contributed by atoms with van der Waals surface area (Å²) in [4.78, 5) is 15.9. The lowest BCUT2D eigenvalue weighted by molar-refractivity contribution is -0.142. The van der Waals surface area contributed by atoms with E-state index in [2.05, 4.69) is 20.3 Å². The van der Waals surface area contributed by atoms with Gasteiger partial charge in [0.25, 0.3) is 5.89 Å². The van der Waals surface area contributed by atoms with Gasteiger partial charge < -0.3 is 9.26 Å². The monoisotopic (exact) mass is 301 g/mol. The summed E-state index contributed by atoms with van der Waals surface area (Å²) >= 11 is 0. The third kappa shape index (κ3) is 2.54. The number of fused-ring (bicyclic) bond motifs is 1. The van der Waals surface area contributed by atoms with Crippen molar-refractivity contribution in [3.05, 3.63) is 30.0 Å². The summed E-state index contributed by atoms with van der Waals surface area (Å²) in [5, 5.41) is 12.1. The molecule has 0 aliphatic heterocycles. The molecule has 8 heteroatoms. The van der Waals surface area contributed by atoms with Gasteiger partial charge >= 0.3 is 5.97 Å². The fourth-order valence-corrected chi connectivity index (χ4v) is 2.10. The van der Waals surface area contributed by atoms with Crippen molar-refractivity contribution in [3.8, 4) is 11.5 Å². The second-order valence-corrected chi connectivity index (χ2v) is 4.58. The van der Waals surface area contributed by atoms with E-state index in [1.54, 1.807) is 17.5 Å². The molecule has 3 heterocycles. The number of aromatic nitrogens is 5. The lowest BCUT2D eigenvalue weighted by Crippen LogP contribution is -2.10. The first-order valence-corrected chi connectivity index (χ1v) is 7.04. The van der Waals surface area contributed by atoms with Gasteiger partial charge in [-0.2, -0.15) is 4.98 Å². The van der Waals surface area contributed by atoms with Crippen LogP contribution in [0.5, 0.6) is 0 Å². The highest BCUT2D eigenvalue weighted by Gasteiger charge is 2.17. The fraction of sp³-hybridized carbons (Fsp3) is 0.357. The van der Waals surface area contributed by atoms with Crippen LogP contribution in [0.4, 0.5) is 0 Å². The predicted molar refractivity (Wildman–Crippen MR) is 76.0 cm³/mol. The molecule has 0 unspecified atom stereocenters. The Labute approximate surface area is 126 Å². The Hall–Kier alpha value is -2.77. The zero-order valence-electron chi connectivity index (χ0n) is 12.3. The molecule has 0 aliphatic carbocycles. The van der Waals surface area contributed by atoms with E-state index < -0.39 is 0 Å². The number of rotatable bonds is 5. The highest BCUT2D eigenvalue weighted by atomic mass is 16.5. The van der Waals surface area contributed by atoms with Crippen molar-refractivity contribution in [2.75, 3.05) is 6.61 Å². The van der Waals surface area contributed by atoms with Crippen molar-refractivity contribution in [2.24, 2.45) is 0 Å². The van der Waals surface area contributed by atoms with Gasteiger partial charge in [0.1, 0.15) is 12.2 Å². The molecule has 114 valence electrons. The van der Waals surface area contributed by atoms with E-state index in [-0.39, 0.29) is 12.4 Å². The lowest BCUT2D eigenvalue weighted by atomic mass is 10.2. The van der Waals surface area contributed by atoms with E-state index >= 15 is 0 Å². The summed E-state index contributed by atoms with van der Waals surface area (Å²) in [5.74, 6) is 1.18. The van der Waals surface area contributed by atoms with Gasteiger partial charge in [-0.05, 0) is 19.1 Å². The predicted octanol–water partition coefficient (Wildman–Crippen LogP) is 1.45. The number of hydrogen-bond acceptors (Lipinski definition) is 7. The number of ether oxygens (including phenoxy) is 1. The van der Waals surface area contributed by atoms with E-state index in [4.69, 9.17) is 9.26 Å². The van der Waals surface area contributed by atoms with E-state index in [1.165, 1.54) is 0 Å². The minimum atomic E-state index is -0.340. The van der Waals surface area contributed by atoms with Crippen LogP contribution in [0.2, 0.25) is 0 Å². The smallest absolute Gasteiger partial charge is 0.313 e. The van der Waals surface area contributed by atoms with Gasteiger partial charge in [-0.25, -0.2) is 0 Å². The first-order valence-electron chi connectivity index (χ1n) is 7.04. The minimum Gasteiger partial charge on any atom is -0.466 e. The molecule has 3 aromatic heterocycles. The van der Waals surface area contributed by atoms with E-state index in [0.717, 1.165) is 0 Å². The largest absolute Gasteiger partial charge is 0.466 e. The molecular formula is C14H15N5O3. The average Bonchev–Trinajstić information content (AvgIpc) is 3.14. The highest BCUT2D eigenvalue weighted by molar-refractivity contribution is 5.74. The fourth-order valence-electron chi connectivity index (χ4n) is 2.10. The molecular weight excluding hydrogens is 286 g/mol. The van der Waals surface area contributed by atoms with Crippen LogP contribution >= 0.6 is 0 Å². The SMILES string of the molecule is CCOC(=O)Cc1nnc2c(-c3nc(CC)no3)cccn12. The van der Waals surface area contributed by atoms with E-state index in [1.807, 2.05) is 19.1 Å². The van der Waals surface area contributed by atoms with E-state index in [9.17, 15) is 4.79 Å². The second kappa shape index (κ2) is 5.92. The summed E-state index contributed by atoms with van der Waals surface area (Å²) in [6.07, 6.45) is 2.53. The topological polar surface area (TPSA) is 95.4 Å². The molecule has 0 aliphatic rings. The van der Waals surface area contributed by atoms with Crippen LogP contribution < -0.4 is 0 Å². The number of esters is 1. The number of hydrogen-bond donors (Lipinski definition) is 0. The van der Waals surface area contributed by atoms with Crippen molar-refractivity contribution >= 4 is 11.6 Å². The summed E-state index contributed by atoms with van der Waals surface area (Å²) in [6, 6.07) is 3.64. The molecule has 0 radical (unpaired) electrons. The highest BCUT2D eigenvalue weighted by Crippen LogP contribution is 2.22. The molecule has 22 heavy (non-hydrogen) atoms. The molecule has 0 N–H and O–H groups in total. The summed E-state index contributed by atoms with van der Waals surface area (Å²) in [5.41, 5.74) is 1.24. The molecule has 3 aromatic rings. The Balaban J connectivity index is 2.00. The molecule has 0 bridgehead atoms. The number of pyridine rings is 1. The van der Waals surface area contributed by atoms with Gasteiger partial charge in [0.15, 0.2) is 11.5 Å². The van der Waals surface area contributed by atoms with Gasteiger partial charge in [-0.15, -0.1) is 10.2 Å². The van der Waals surface area contributed by atoms with E-state index in [0.29, 0.717) is 41.8 Å². The van der Waals surface area contributed by atoms with Gasteiger partial charge in [-0.3, -0.25) is 9.20 Å². The van der Waals surface area contributed by atoms with Crippen molar-refractivity contribution in [3.63, 3.8) is 0 Å². The number of carbonyl (C=O) groups excluding carboxylic acids is 1. The van der Waals surface area contributed by atoms with Gasteiger partial charge in [0.05, 0.1) is 12.2 Å². The molecule has 0 saturated carbocycles. The van der Waals surface area contributed by atoms with Crippen LogP contribution in [-0.2, 0) is 22.4 Å². The lowest BCUT2D eigenvalue weighted by Gasteiger charge is -2.01. The Morgan fingerprint density at radius 3 is 2.95 bits per heavy atom. The summed E-state index contributed by atoms with van der Waals surface area (Å²) in [7, 11) is 0. The normalized spacial score (nSPS) is 11.0.